The summed E-state index contributed by atoms with van der Waals surface area (Å²) in [6, 6.07) is 0. The van der Waals surface area contributed by atoms with Gasteiger partial charge in [0.25, 0.3) is 0 Å². The molecule has 0 heterocycles. The lowest BCUT2D eigenvalue weighted by molar-refractivity contribution is -0.201. The summed E-state index contributed by atoms with van der Waals surface area (Å²) in [6.07, 6.45) is -3.11. The number of hydrogen-bond donors (Lipinski definition) is 1. The first-order chi connectivity index (χ1) is 3.98. The SMILES string of the molecule is C#CC[C@@H](O)C(F)(F)F. The minimum absolute atomic E-state index is 0.677. The number of aliphatic hydroxyl groups excluding tert-OH is 1. The molecule has 52 valence electrons. The zero-order valence-corrected chi connectivity index (χ0v) is 4.44. The molecule has 0 aromatic rings. The van der Waals surface area contributed by atoms with Gasteiger partial charge in [-0.15, -0.1) is 12.3 Å². The maximum absolute atomic E-state index is 11.3. The second-order valence-corrected chi connectivity index (χ2v) is 1.47. The van der Waals surface area contributed by atoms with E-state index < -0.39 is 18.7 Å². The third-order valence-corrected chi connectivity index (χ3v) is 0.689. The molecule has 4 heteroatoms. The van der Waals surface area contributed by atoms with Crippen LogP contribution in [0.4, 0.5) is 13.2 Å². The Morgan fingerprint density at radius 3 is 2.11 bits per heavy atom. The molecule has 0 fully saturated rings. The molecule has 0 amide bonds. The Hall–Kier alpha value is -0.690. The fourth-order valence-electron chi connectivity index (χ4n) is 0.227. The van der Waals surface area contributed by atoms with E-state index in [0.29, 0.717) is 0 Å². The summed E-state index contributed by atoms with van der Waals surface area (Å²) < 4.78 is 33.9. The van der Waals surface area contributed by atoms with Gasteiger partial charge in [0.2, 0.25) is 0 Å². The van der Waals surface area contributed by atoms with Crippen LogP contribution in [0.15, 0.2) is 0 Å². The molecule has 1 atom stereocenters. The number of aliphatic hydroxyl groups is 1. The highest BCUT2D eigenvalue weighted by molar-refractivity contribution is 4.88. The van der Waals surface area contributed by atoms with Gasteiger partial charge in [-0.05, 0) is 0 Å². The van der Waals surface area contributed by atoms with E-state index in [-0.39, 0.29) is 0 Å². The zero-order chi connectivity index (χ0) is 7.49. The predicted molar refractivity (Wildman–Crippen MR) is 25.5 cm³/mol. The first-order valence-electron chi connectivity index (χ1n) is 2.16. The van der Waals surface area contributed by atoms with Crippen LogP contribution >= 0.6 is 0 Å². The summed E-state index contributed by atoms with van der Waals surface area (Å²) in [6.45, 7) is 0. The van der Waals surface area contributed by atoms with Gasteiger partial charge in [-0.25, -0.2) is 0 Å². The summed E-state index contributed by atoms with van der Waals surface area (Å²) in [5.41, 5.74) is 0. The molecule has 0 spiro atoms. The van der Waals surface area contributed by atoms with Crippen molar-refractivity contribution in [2.75, 3.05) is 0 Å². The molecular weight excluding hydrogens is 133 g/mol. The highest BCUT2D eigenvalue weighted by atomic mass is 19.4. The molecule has 0 aliphatic heterocycles. The predicted octanol–water partition coefficient (Wildman–Crippen LogP) is 0.933. The minimum Gasteiger partial charge on any atom is -0.383 e. The first kappa shape index (κ1) is 8.31. The van der Waals surface area contributed by atoms with E-state index in [9.17, 15) is 13.2 Å². The minimum atomic E-state index is -4.58. The molecule has 1 N–H and O–H groups in total. The Balaban J connectivity index is 3.76. The van der Waals surface area contributed by atoms with Gasteiger partial charge in [0.1, 0.15) is 0 Å². The van der Waals surface area contributed by atoms with Crippen molar-refractivity contribution in [3.05, 3.63) is 0 Å². The fraction of sp³-hybridized carbons (Fsp3) is 0.600. The Kier molecular flexibility index (Phi) is 2.53. The molecule has 0 aliphatic carbocycles. The average molecular weight is 138 g/mol. The van der Waals surface area contributed by atoms with Crippen LogP contribution in [-0.4, -0.2) is 17.4 Å². The molecule has 9 heavy (non-hydrogen) atoms. The van der Waals surface area contributed by atoms with E-state index in [0.717, 1.165) is 0 Å². The largest absolute Gasteiger partial charge is 0.415 e. The van der Waals surface area contributed by atoms with Gasteiger partial charge in [-0.3, -0.25) is 0 Å². The Labute approximate surface area is 50.5 Å². The van der Waals surface area contributed by atoms with Crippen LogP contribution in [0.5, 0.6) is 0 Å². The lowest BCUT2D eigenvalue weighted by Crippen LogP contribution is -2.27. The summed E-state index contributed by atoms with van der Waals surface area (Å²) in [5.74, 6) is 1.70. The quantitative estimate of drug-likeness (QED) is 0.534. The zero-order valence-electron chi connectivity index (χ0n) is 4.44. The van der Waals surface area contributed by atoms with Gasteiger partial charge in [-0.2, -0.15) is 13.2 Å². The molecule has 0 saturated carbocycles. The van der Waals surface area contributed by atoms with E-state index in [1.807, 2.05) is 0 Å². The van der Waals surface area contributed by atoms with Gasteiger partial charge < -0.3 is 5.11 Å². The highest BCUT2D eigenvalue weighted by Crippen LogP contribution is 2.21. The smallest absolute Gasteiger partial charge is 0.383 e. The molecule has 0 aromatic carbocycles. The molecule has 0 unspecified atom stereocenters. The molecule has 0 aliphatic rings. The van der Waals surface area contributed by atoms with Gasteiger partial charge in [0.05, 0.1) is 0 Å². The topological polar surface area (TPSA) is 20.2 Å². The molecule has 0 saturated heterocycles. The lowest BCUT2D eigenvalue weighted by atomic mass is 10.2. The number of rotatable bonds is 1. The standard InChI is InChI=1S/C5H5F3O/c1-2-3-4(9)5(6,7)8/h1,4,9H,3H2/t4-/m1/s1. The molecule has 0 radical (unpaired) electrons. The van der Waals surface area contributed by atoms with E-state index in [4.69, 9.17) is 5.11 Å². The second-order valence-electron chi connectivity index (χ2n) is 1.47. The first-order valence-corrected chi connectivity index (χ1v) is 2.16. The fourth-order valence-corrected chi connectivity index (χ4v) is 0.227. The normalized spacial score (nSPS) is 14.6. The van der Waals surface area contributed by atoms with Crippen molar-refractivity contribution in [2.24, 2.45) is 0 Å². The summed E-state index contributed by atoms with van der Waals surface area (Å²) in [5, 5.41) is 8.12. The van der Waals surface area contributed by atoms with Crippen molar-refractivity contribution in [1.29, 1.82) is 0 Å². The van der Waals surface area contributed by atoms with Crippen LogP contribution in [0.3, 0.4) is 0 Å². The van der Waals surface area contributed by atoms with Gasteiger partial charge in [0.15, 0.2) is 6.10 Å². The summed E-state index contributed by atoms with van der Waals surface area (Å²) in [7, 11) is 0. The van der Waals surface area contributed by atoms with E-state index in [1.165, 1.54) is 0 Å². The number of alkyl halides is 3. The van der Waals surface area contributed by atoms with Crippen molar-refractivity contribution < 1.29 is 18.3 Å². The molecule has 0 rings (SSSR count). The molecule has 0 aromatic heterocycles. The van der Waals surface area contributed by atoms with E-state index in [2.05, 4.69) is 6.42 Å². The van der Waals surface area contributed by atoms with Crippen LogP contribution in [0.2, 0.25) is 0 Å². The third-order valence-electron chi connectivity index (χ3n) is 0.689. The molecule has 0 bridgehead atoms. The highest BCUT2D eigenvalue weighted by Gasteiger charge is 2.37. The number of hydrogen-bond acceptors (Lipinski definition) is 1. The van der Waals surface area contributed by atoms with Crippen molar-refractivity contribution in [3.63, 3.8) is 0 Å². The second kappa shape index (κ2) is 2.74. The Bertz CT molecular complexity index is 121. The maximum Gasteiger partial charge on any atom is 0.415 e. The van der Waals surface area contributed by atoms with Crippen molar-refractivity contribution in [2.45, 2.75) is 18.7 Å². The Morgan fingerprint density at radius 1 is 1.56 bits per heavy atom. The van der Waals surface area contributed by atoms with Crippen LogP contribution in [0, 0.1) is 12.3 Å². The van der Waals surface area contributed by atoms with Crippen molar-refractivity contribution in [3.8, 4) is 12.3 Å². The van der Waals surface area contributed by atoms with Crippen LogP contribution < -0.4 is 0 Å². The monoisotopic (exact) mass is 138 g/mol. The number of halogens is 3. The van der Waals surface area contributed by atoms with Gasteiger partial charge >= 0.3 is 6.18 Å². The molecule has 1 nitrogen and oxygen atoms in total. The number of terminal acetylenes is 1. The van der Waals surface area contributed by atoms with Crippen molar-refractivity contribution in [1.82, 2.24) is 0 Å². The van der Waals surface area contributed by atoms with Crippen molar-refractivity contribution >= 4 is 0 Å². The van der Waals surface area contributed by atoms with Crippen LogP contribution in [0.25, 0.3) is 0 Å². The summed E-state index contributed by atoms with van der Waals surface area (Å²) >= 11 is 0. The Morgan fingerprint density at radius 2 is 2.00 bits per heavy atom. The third kappa shape index (κ3) is 2.98. The van der Waals surface area contributed by atoms with Gasteiger partial charge in [0, 0.05) is 6.42 Å². The maximum atomic E-state index is 11.3. The van der Waals surface area contributed by atoms with Crippen LogP contribution in [0.1, 0.15) is 6.42 Å². The van der Waals surface area contributed by atoms with E-state index >= 15 is 0 Å². The molecular formula is C5H5F3O. The summed E-state index contributed by atoms with van der Waals surface area (Å²) in [4.78, 5) is 0. The van der Waals surface area contributed by atoms with E-state index in [1.54, 1.807) is 5.92 Å². The average Bonchev–Trinajstić information content (AvgIpc) is 1.64. The lowest BCUT2D eigenvalue weighted by Gasteiger charge is -2.10. The van der Waals surface area contributed by atoms with Crippen LogP contribution in [-0.2, 0) is 0 Å². The van der Waals surface area contributed by atoms with Gasteiger partial charge in [-0.1, -0.05) is 0 Å².